The molecule has 0 N–H and O–H groups in total. The third-order valence-electron chi connectivity index (χ3n) is 2.91. The number of pyridine rings is 1. The first kappa shape index (κ1) is 10.9. The first-order chi connectivity index (χ1) is 7.70. The highest BCUT2D eigenvalue weighted by molar-refractivity contribution is 5.70. The van der Waals surface area contributed by atoms with Crippen LogP contribution in [0, 0.1) is 6.92 Å². The maximum Gasteiger partial charge on any atom is 0.0349 e. The molecule has 0 spiro atoms. The van der Waals surface area contributed by atoms with Crippen LogP contribution in [-0.4, -0.2) is 4.98 Å². The summed E-state index contributed by atoms with van der Waals surface area (Å²) in [5.74, 6) is 0.526. The minimum atomic E-state index is 0.526. The van der Waals surface area contributed by atoms with Crippen LogP contribution in [0.5, 0.6) is 0 Å². The average Bonchev–Trinajstić information content (AvgIpc) is 2.29. The molecule has 1 nitrogen and oxygen atoms in total. The van der Waals surface area contributed by atoms with Gasteiger partial charge >= 0.3 is 0 Å². The average molecular weight is 211 g/mol. The third-order valence-corrected chi connectivity index (χ3v) is 2.91. The molecule has 0 saturated heterocycles. The molecule has 1 aromatic heterocycles. The van der Waals surface area contributed by atoms with E-state index in [0.717, 1.165) is 0 Å². The van der Waals surface area contributed by atoms with Crippen LogP contribution in [0.3, 0.4) is 0 Å². The molecule has 0 amide bonds. The van der Waals surface area contributed by atoms with Gasteiger partial charge < -0.3 is 0 Å². The monoisotopic (exact) mass is 211 g/mol. The van der Waals surface area contributed by atoms with E-state index >= 15 is 0 Å². The summed E-state index contributed by atoms with van der Waals surface area (Å²) in [7, 11) is 0. The van der Waals surface area contributed by atoms with E-state index in [-0.39, 0.29) is 0 Å². The maximum atomic E-state index is 4.25. The van der Waals surface area contributed by atoms with Crippen molar-refractivity contribution in [3.8, 4) is 11.1 Å². The SMILES string of the molecule is Cc1ccccc1-c1cnccc1C(C)C. The van der Waals surface area contributed by atoms with E-state index in [2.05, 4.69) is 56.1 Å². The molecule has 0 fully saturated rings. The quantitative estimate of drug-likeness (QED) is 0.726. The van der Waals surface area contributed by atoms with Gasteiger partial charge in [0, 0.05) is 18.0 Å². The van der Waals surface area contributed by atoms with E-state index in [9.17, 15) is 0 Å². The van der Waals surface area contributed by atoms with Crippen molar-refractivity contribution in [3.05, 3.63) is 53.9 Å². The standard InChI is InChI=1S/C15H17N/c1-11(2)13-8-9-16-10-15(13)14-7-5-4-6-12(14)3/h4-11H,1-3H3. The van der Waals surface area contributed by atoms with Crippen LogP contribution in [0.4, 0.5) is 0 Å². The minimum absolute atomic E-state index is 0.526. The van der Waals surface area contributed by atoms with Crippen molar-refractivity contribution < 1.29 is 0 Å². The molecular formula is C15H17N. The van der Waals surface area contributed by atoms with Crippen LogP contribution in [0.25, 0.3) is 11.1 Å². The summed E-state index contributed by atoms with van der Waals surface area (Å²) in [6.07, 6.45) is 3.84. The number of hydrogen-bond donors (Lipinski definition) is 0. The van der Waals surface area contributed by atoms with E-state index in [1.54, 1.807) is 0 Å². The highest BCUT2D eigenvalue weighted by Gasteiger charge is 2.09. The van der Waals surface area contributed by atoms with Crippen molar-refractivity contribution in [3.63, 3.8) is 0 Å². The number of rotatable bonds is 2. The van der Waals surface area contributed by atoms with Crippen LogP contribution < -0.4 is 0 Å². The van der Waals surface area contributed by atoms with Gasteiger partial charge in [-0.15, -0.1) is 0 Å². The predicted octanol–water partition coefficient (Wildman–Crippen LogP) is 4.18. The molecule has 1 heterocycles. The molecule has 0 aliphatic heterocycles. The Bertz CT molecular complexity index is 486. The molecule has 0 aliphatic rings. The lowest BCUT2D eigenvalue weighted by Crippen LogP contribution is -1.94. The molecular weight excluding hydrogens is 194 g/mol. The Labute approximate surface area is 97.2 Å². The van der Waals surface area contributed by atoms with Crippen LogP contribution in [0.15, 0.2) is 42.7 Å². The lowest BCUT2D eigenvalue weighted by atomic mass is 9.92. The van der Waals surface area contributed by atoms with Gasteiger partial charge in [0.15, 0.2) is 0 Å². The smallest absolute Gasteiger partial charge is 0.0349 e. The first-order valence-electron chi connectivity index (χ1n) is 5.70. The molecule has 0 radical (unpaired) electrons. The van der Waals surface area contributed by atoms with E-state index in [1.165, 1.54) is 22.3 Å². The Morgan fingerprint density at radius 3 is 2.44 bits per heavy atom. The number of aryl methyl sites for hydroxylation is 1. The zero-order chi connectivity index (χ0) is 11.5. The van der Waals surface area contributed by atoms with Crippen molar-refractivity contribution in [1.82, 2.24) is 4.98 Å². The summed E-state index contributed by atoms with van der Waals surface area (Å²) in [5, 5.41) is 0. The van der Waals surface area contributed by atoms with Gasteiger partial charge in [0.1, 0.15) is 0 Å². The van der Waals surface area contributed by atoms with Crippen LogP contribution in [0.2, 0.25) is 0 Å². The Hall–Kier alpha value is -1.63. The molecule has 2 aromatic rings. The Kier molecular flexibility index (Phi) is 3.04. The van der Waals surface area contributed by atoms with Crippen LogP contribution in [0.1, 0.15) is 30.9 Å². The Morgan fingerprint density at radius 1 is 1.00 bits per heavy atom. The van der Waals surface area contributed by atoms with Crippen molar-refractivity contribution in [2.45, 2.75) is 26.7 Å². The van der Waals surface area contributed by atoms with Gasteiger partial charge in [-0.3, -0.25) is 4.98 Å². The minimum Gasteiger partial charge on any atom is -0.264 e. The van der Waals surface area contributed by atoms with Gasteiger partial charge in [0.2, 0.25) is 0 Å². The second-order valence-corrected chi connectivity index (χ2v) is 4.43. The molecule has 82 valence electrons. The lowest BCUT2D eigenvalue weighted by molar-refractivity contribution is 0.865. The normalized spacial score (nSPS) is 10.8. The molecule has 1 heteroatoms. The molecule has 2 rings (SSSR count). The number of nitrogens with zero attached hydrogens (tertiary/aromatic N) is 1. The van der Waals surface area contributed by atoms with E-state index in [4.69, 9.17) is 0 Å². The second-order valence-electron chi connectivity index (χ2n) is 4.43. The van der Waals surface area contributed by atoms with Gasteiger partial charge in [0.05, 0.1) is 0 Å². The van der Waals surface area contributed by atoms with Gasteiger partial charge in [-0.25, -0.2) is 0 Å². The Balaban J connectivity index is 2.60. The summed E-state index contributed by atoms with van der Waals surface area (Å²) in [4.78, 5) is 4.25. The molecule has 0 unspecified atom stereocenters. The van der Waals surface area contributed by atoms with E-state index in [1.807, 2.05) is 12.4 Å². The fourth-order valence-corrected chi connectivity index (χ4v) is 2.01. The molecule has 0 atom stereocenters. The first-order valence-corrected chi connectivity index (χ1v) is 5.70. The number of hydrogen-bond acceptors (Lipinski definition) is 1. The van der Waals surface area contributed by atoms with Crippen molar-refractivity contribution in [1.29, 1.82) is 0 Å². The Morgan fingerprint density at radius 2 is 1.75 bits per heavy atom. The summed E-state index contributed by atoms with van der Waals surface area (Å²) < 4.78 is 0. The number of aromatic nitrogens is 1. The second kappa shape index (κ2) is 4.48. The zero-order valence-corrected chi connectivity index (χ0v) is 10.1. The highest BCUT2D eigenvalue weighted by atomic mass is 14.6. The van der Waals surface area contributed by atoms with Crippen molar-refractivity contribution in [2.24, 2.45) is 0 Å². The largest absolute Gasteiger partial charge is 0.264 e. The van der Waals surface area contributed by atoms with Gasteiger partial charge in [0.25, 0.3) is 0 Å². The van der Waals surface area contributed by atoms with Crippen molar-refractivity contribution >= 4 is 0 Å². The summed E-state index contributed by atoms with van der Waals surface area (Å²) in [6, 6.07) is 10.6. The summed E-state index contributed by atoms with van der Waals surface area (Å²) in [6.45, 7) is 6.58. The van der Waals surface area contributed by atoms with Crippen LogP contribution in [-0.2, 0) is 0 Å². The lowest BCUT2D eigenvalue weighted by Gasteiger charge is -2.13. The summed E-state index contributed by atoms with van der Waals surface area (Å²) in [5.41, 5.74) is 5.22. The molecule has 0 aliphatic carbocycles. The predicted molar refractivity (Wildman–Crippen MR) is 68.5 cm³/mol. The maximum absolute atomic E-state index is 4.25. The molecule has 1 aromatic carbocycles. The molecule has 0 bridgehead atoms. The van der Waals surface area contributed by atoms with Gasteiger partial charge in [-0.1, -0.05) is 38.1 Å². The van der Waals surface area contributed by atoms with Crippen molar-refractivity contribution in [2.75, 3.05) is 0 Å². The summed E-state index contributed by atoms with van der Waals surface area (Å²) >= 11 is 0. The van der Waals surface area contributed by atoms with E-state index < -0.39 is 0 Å². The van der Waals surface area contributed by atoms with E-state index in [0.29, 0.717) is 5.92 Å². The zero-order valence-electron chi connectivity index (χ0n) is 10.1. The fraction of sp³-hybridized carbons (Fsp3) is 0.267. The molecule has 0 saturated carbocycles. The molecule has 16 heavy (non-hydrogen) atoms. The van der Waals surface area contributed by atoms with Gasteiger partial charge in [-0.05, 0) is 35.6 Å². The number of benzene rings is 1. The van der Waals surface area contributed by atoms with Crippen LogP contribution >= 0.6 is 0 Å². The highest BCUT2D eigenvalue weighted by Crippen LogP contribution is 2.30. The third kappa shape index (κ3) is 1.99. The fourth-order valence-electron chi connectivity index (χ4n) is 2.01. The topological polar surface area (TPSA) is 12.9 Å². The van der Waals surface area contributed by atoms with Gasteiger partial charge in [-0.2, -0.15) is 0 Å².